The molecule has 0 saturated carbocycles. The van der Waals surface area contributed by atoms with Crippen LogP contribution >= 0.6 is 0 Å². The molecule has 3 rings (SSSR count). The van der Waals surface area contributed by atoms with Crippen LogP contribution in [0.15, 0.2) is 30.3 Å². The Morgan fingerprint density at radius 1 is 0.867 bits per heavy atom. The minimum Gasteiger partial charge on any atom is -0.297 e. The first-order valence-electron chi connectivity index (χ1n) is 9.62. The summed E-state index contributed by atoms with van der Waals surface area (Å²) in [5.41, 5.74) is 1.74. The van der Waals surface area contributed by atoms with Gasteiger partial charge in [-0.05, 0) is 68.5 Å². The summed E-state index contributed by atoms with van der Waals surface area (Å²) in [6.45, 7) is 8.15. The van der Waals surface area contributed by atoms with E-state index in [1.165, 1.54) is 0 Å². The van der Waals surface area contributed by atoms with E-state index in [9.17, 15) is 27.0 Å². The number of ketones is 2. The van der Waals surface area contributed by atoms with Crippen molar-refractivity contribution in [2.45, 2.75) is 56.5 Å². The number of aryl methyl sites for hydroxylation is 1. The molecule has 3 nitrogen and oxygen atoms in total. The SMILES string of the molecule is CCc1cc(-c2cc(F)c(F)c(F)c2)ccc1C1C(=O)C(C)(C)S(=O)C(C)(C)C1=O. The Labute approximate surface area is 176 Å². The molecule has 0 spiro atoms. The van der Waals surface area contributed by atoms with Crippen molar-refractivity contribution in [3.63, 3.8) is 0 Å². The Bertz CT molecular complexity index is 1040. The molecule has 1 fully saturated rings. The molecule has 1 aliphatic rings. The highest BCUT2D eigenvalue weighted by atomic mass is 32.2. The molecule has 1 aliphatic heterocycles. The van der Waals surface area contributed by atoms with Crippen LogP contribution < -0.4 is 0 Å². The van der Waals surface area contributed by atoms with Crippen LogP contribution in [0.3, 0.4) is 0 Å². The highest BCUT2D eigenvalue weighted by molar-refractivity contribution is 7.89. The molecule has 0 unspecified atom stereocenters. The van der Waals surface area contributed by atoms with Crippen LogP contribution in [0.4, 0.5) is 13.2 Å². The van der Waals surface area contributed by atoms with E-state index < -0.39 is 55.2 Å². The number of hydrogen-bond acceptors (Lipinski definition) is 3. The lowest BCUT2D eigenvalue weighted by molar-refractivity contribution is -0.132. The molecule has 160 valence electrons. The van der Waals surface area contributed by atoms with E-state index in [1.807, 2.05) is 6.92 Å². The number of benzene rings is 2. The second-order valence-electron chi connectivity index (χ2n) is 8.47. The lowest BCUT2D eigenvalue weighted by Gasteiger charge is -2.41. The van der Waals surface area contributed by atoms with E-state index in [1.54, 1.807) is 45.9 Å². The fourth-order valence-electron chi connectivity index (χ4n) is 4.01. The summed E-state index contributed by atoms with van der Waals surface area (Å²) in [6, 6.07) is 6.59. The Kier molecular flexibility index (Phi) is 5.56. The summed E-state index contributed by atoms with van der Waals surface area (Å²) in [4.78, 5) is 26.3. The number of carbonyl (C=O) groups excluding carboxylic acids is 2. The molecular formula is C23H23F3O3S. The van der Waals surface area contributed by atoms with Crippen LogP contribution in [0, 0.1) is 17.5 Å². The summed E-state index contributed by atoms with van der Waals surface area (Å²) in [7, 11) is -1.68. The summed E-state index contributed by atoms with van der Waals surface area (Å²) in [5, 5.41) is 0. The van der Waals surface area contributed by atoms with Crippen molar-refractivity contribution in [3.8, 4) is 11.1 Å². The minimum absolute atomic E-state index is 0.149. The van der Waals surface area contributed by atoms with Gasteiger partial charge >= 0.3 is 0 Å². The van der Waals surface area contributed by atoms with Crippen molar-refractivity contribution in [2.75, 3.05) is 0 Å². The van der Waals surface area contributed by atoms with Gasteiger partial charge in [0.2, 0.25) is 0 Å². The zero-order valence-corrected chi connectivity index (χ0v) is 18.3. The zero-order chi connectivity index (χ0) is 22.6. The van der Waals surface area contributed by atoms with Gasteiger partial charge in [-0.25, -0.2) is 13.2 Å². The van der Waals surface area contributed by atoms with Gasteiger partial charge in [-0.2, -0.15) is 0 Å². The van der Waals surface area contributed by atoms with Crippen molar-refractivity contribution in [1.82, 2.24) is 0 Å². The average Bonchev–Trinajstić information content (AvgIpc) is 2.70. The summed E-state index contributed by atoms with van der Waals surface area (Å²) >= 11 is 0. The van der Waals surface area contributed by atoms with E-state index in [-0.39, 0.29) is 5.56 Å². The quantitative estimate of drug-likeness (QED) is 0.509. The first kappa shape index (κ1) is 22.4. The summed E-state index contributed by atoms with van der Waals surface area (Å²) in [5.74, 6) is -6.02. The van der Waals surface area contributed by atoms with E-state index in [0.29, 0.717) is 23.1 Å². The van der Waals surface area contributed by atoms with Gasteiger partial charge in [-0.15, -0.1) is 0 Å². The van der Waals surface area contributed by atoms with Gasteiger partial charge in [0.1, 0.15) is 15.4 Å². The molecule has 0 radical (unpaired) electrons. The third-order valence-corrected chi connectivity index (χ3v) is 8.05. The molecule has 0 aromatic heterocycles. The van der Waals surface area contributed by atoms with Crippen LogP contribution in [-0.4, -0.2) is 25.3 Å². The van der Waals surface area contributed by atoms with E-state index >= 15 is 0 Å². The van der Waals surface area contributed by atoms with Gasteiger partial charge in [-0.1, -0.05) is 25.1 Å². The average molecular weight is 436 g/mol. The monoisotopic (exact) mass is 436 g/mol. The third-order valence-electron chi connectivity index (χ3n) is 5.79. The van der Waals surface area contributed by atoms with E-state index in [2.05, 4.69) is 0 Å². The molecule has 0 atom stereocenters. The molecule has 0 N–H and O–H groups in total. The van der Waals surface area contributed by atoms with Gasteiger partial charge in [0.15, 0.2) is 29.0 Å². The smallest absolute Gasteiger partial charge is 0.194 e. The molecule has 0 amide bonds. The number of halogens is 3. The molecule has 0 aliphatic carbocycles. The van der Waals surface area contributed by atoms with Crippen molar-refractivity contribution in [2.24, 2.45) is 0 Å². The van der Waals surface area contributed by atoms with Gasteiger partial charge in [0.25, 0.3) is 0 Å². The molecule has 1 saturated heterocycles. The fourth-order valence-corrected chi connectivity index (χ4v) is 5.89. The molecule has 2 aromatic carbocycles. The highest BCUT2D eigenvalue weighted by Gasteiger charge is 2.57. The standard InChI is InChI=1S/C23H23F3O3S/c1-6-12-9-13(14-10-16(24)19(26)17(25)11-14)7-8-15(12)18-20(27)22(2,3)30(29)23(4,5)21(18)28/h7-11,18H,6H2,1-5H3. The number of carbonyl (C=O) groups is 2. The maximum atomic E-state index is 13.7. The fraction of sp³-hybridized carbons (Fsp3) is 0.391. The second-order valence-corrected chi connectivity index (χ2v) is 11.1. The molecular weight excluding hydrogens is 413 g/mol. The number of hydrogen-bond donors (Lipinski definition) is 0. The predicted octanol–water partition coefficient (Wildman–Crippen LogP) is 4.87. The number of Topliss-reactive ketones (excluding diaryl/α,β-unsaturated/α-hetero) is 2. The normalized spacial score (nSPS) is 22.9. The van der Waals surface area contributed by atoms with Gasteiger partial charge < -0.3 is 0 Å². The zero-order valence-electron chi connectivity index (χ0n) is 17.4. The van der Waals surface area contributed by atoms with Crippen LogP contribution in [0.2, 0.25) is 0 Å². The first-order valence-corrected chi connectivity index (χ1v) is 10.8. The highest BCUT2D eigenvalue weighted by Crippen LogP contribution is 2.42. The van der Waals surface area contributed by atoms with Gasteiger partial charge in [0.05, 0.1) is 0 Å². The Morgan fingerprint density at radius 3 is 1.83 bits per heavy atom. The predicted molar refractivity (Wildman–Crippen MR) is 110 cm³/mol. The minimum atomic E-state index is -1.68. The van der Waals surface area contributed by atoms with Crippen molar-refractivity contribution in [3.05, 3.63) is 58.9 Å². The van der Waals surface area contributed by atoms with Crippen LogP contribution in [0.5, 0.6) is 0 Å². The first-order chi connectivity index (χ1) is 13.8. The van der Waals surface area contributed by atoms with Crippen molar-refractivity contribution < 1.29 is 27.0 Å². The van der Waals surface area contributed by atoms with Crippen molar-refractivity contribution >= 4 is 22.4 Å². The van der Waals surface area contributed by atoms with E-state index in [4.69, 9.17) is 0 Å². The van der Waals surface area contributed by atoms with Gasteiger partial charge in [0, 0.05) is 10.8 Å². The lowest BCUT2D eigenvalue weighted by atomic mass is 9.78. The Balaban J connectivity index is 2.15. The molecule has 1 heterocycles. The second kappa shape index (κ2) is 7.45. The van der Waals surface area contributed by atoms with Crippen LogP contribution in [0.1, 0.15) is 51.7 Å². The molecule has 0 bridgehead atoms. The van der Waals surface area contributed by atoms with Crippen LogP contribution in [-0.2, 0) is 26.8 Å². The molecule has 2 aromatic rings. The maximum Gasteiger partial charge on any atom is 0.194 e. The van der Waals surface area contributed by atoms with Gasteiger partial charge in [-0.3, -0.25) is 13.8 Å². The maximum absolute atomic E-state index is 13.7. The molecule has 30 heavy (non-hydrogen) atoms. The molecule has 7 heteroatoms. The lowest BCUT2D eigenvalue weighted by Crippen LogP contribution is -2.59. The Hall–Kier alpha value is -2.28. The topological polar surface area (TPSA) is 51.2 Å². The van der Waals surface area contributed by atoms with Crippen LogP contribution in [0.25, 0.3) is 11.1 Å². The third kappa shape index (κ3) is 3.33. The number of rotatable bonds is 3. The van der Waals surface area contributed by atoms with E-state index in [0.717, 1.165) is 12.1 Å². The van der Waals surface area contributed by atoms with Crippen molar-refractivity contribution in [1.29, 1.82) is 0 Å². The largest absolute Gasteiger partial charge is 0.297 e. The summed E-state index contributed by atoms with van der Waals surface area (Å²) in [6.07, 6.45) is 0.455. The Morgan fingerprint density at radius 2 is 1.37 bits per heavy atom. The summed E-state index contributed by atoms with van der Waals surface area (Å²) < 4.78 is 51.0.